The summed E-state index contributed by atoms with van der Waals surface area (Å²) in [5.41, 5.74) is 3.55. The maximum Gasteiger partial charge on any atom is 1.00 e. The molecule has 0 atom stereocenters. The summed E-state index contributed by atoms with van der Waals surface area (Å²) in [5, 5.41) is 2.09. The van der Waals surface area contributed by atoms with Gasteiger partial charge >= 0.3 is 29.6 Å². The van der Waals surface area contributed by atoms with Crippen LogP contribution in [-0.4, -0.2) is 20.5 Å². The number of aromatic nitrogens is 2. The molecule has 0 bridgehead atoms. The van der Waals surface area contributed by atoms with Gasteiger partial charge in [0.2, 0.25) is 0 Å². The molecule has 2 aromatic heterocycles. The standard InChI is InChI=1S/C14H17NS.C10H8FN.C4H10S.Na.H/c1-3-4-10-16-13-7-5-6-12-9-8-11(2)15-14(12)13;1-7-5-6-8-3-2-4-9(11)10(8)12-7;1-4(2,3)5;;/h5-9H,3-4,10H2,1-2H3;2-6H,1H3;5H,1-3H3;;/q;;;+1;-1. The van der Waals surface area contributed by atoms with Gasteiger partial charge in [-0.15, -0.1) is 11.8 Å². The molecule has 0 saturated carbocycles. The Morgan fingerprint density at radius 2 is 1.35 bits per heavy atom. The molecule has 2 aromatic carbocycles. The molecule has 0 aliphatic heterocycles. The Kier molecular flexibility index (Phi) is 13.7. The smallest absolute Gasteiger partial charge is 1.00 e. The Labute approximate surface area is 237 Å². The van der Waals surface area contributed by atoms with Gasteiger partial charge < -0.3 is 1.43 Å². The molecule has 0 radical (unpaired) electrons. The topological polar surface area (TPSA) is 25.8 Å². The van der Waals surface area contributed by atoms with E-state index in [2.05, 4.69) is 80.6 Å². The predicted molar refractivity (Wildman–Crippen MR) is 148 cm³/mol. The summed E-state index contributed by atoms with van der Waals surface area (Å²) in [5.74, 6) is 0.932. The molecule has 0 spiro atoms. The number of fused-ring (bicyclic) bond motifs is 2. The zero-order chi connectivity index (χ0) is 24.4. The van der Waals surface area contributed by atoms with E-state index in [1.165, 1.54) is 34.9 Å². The number of thioether (sulfide) groups is 1. The maximum absolute atomic E-state index is 13.1. The normalized spacial score (nSPS) is 10.6. The van der Waals surface area contributed by atoms with Crippen molar-refractivity contribution >= 4 is 46.2 Å². The third-order valence-corrected chi connectivity index (χ3v) is 5.52. The van der Waals surface area contributed by atoms with E-state index in [1.54, 1.807) is 6.07 Å². The van der Waals surface area contributed by atoms with Gasteiger partial charge in [-0.25, -0.2) is 4.39 Å². The first-order valence-corrected chi connectivity index (χ1v) is 12.7. The summed E-state index contributed by atoms with van der Waals surface area (Å²) in [4.78, 5) is 10.0. The van der Waals surface area contributed by atoms with E-state index in [0.29, 0.717) is 5.52 Å². The van der Waals surface area contributed by atoms with E-state index in [-0.39, 0.29) is 41.5 Å². The van der Waals surface area contributed by atoms with Crippen molar-refractivity contribution in [3.05, 3.63) is 77.9 Å². The number of thiol groups is 1. The molecule has 34 heavy (non-hydrogen) atoms. The Hall–Kier alpha value is -1.11. The Morgan fingerprint density at radius 1 is 0.853 bits per heavy atom. The number of pyridine rings is 2. The van der Waals surface area contributed by atoms with Crippen molar-refractivity contribution in [1.29, 1.82) is 0 Å². The van der Waals surface area contributed by atoms with E-state index in [0.717, 1.165) is 22.3 Å². The van der Waals surface area contributed by atoms with Crippen molar-refractivity contribution < 1.29 is 35.4 Å². The first-order valence-electron chi connectivity index (χ1n) is 11.3. The number of unbranched alkanes of at least 4 members (excludes halogenated alkanes) is 1. The van der Waals surface area contributed by atoms with Crippen molar-refractivity contribution in [3.8, 4) is 0 Å². The molecule has 0 amide bonds. The fraction of sp³-hybridized carbons (Fsp3) is 0.357. The molecular formula is C28H36FN2NaS2. The average Bonchev–Trinajstić information content (AvgIpc) is 2.74. The van der Waals surface area contributed by atoms with E-state index in [9.17, 15) is 4.39 Å². The number of rotatable bonds is 4. The molecule has 178 valence electrons. The van der Waals surface area contributed by atoms with Gasteiger partial charge in [-0.2, -0.15) is 12.6 Å². The molecule has 0 aliphatic carbocycles. The number of nitrogens with zero attached hydrogens (tertiary/aromatic N) is 2. The van der Waals surface area contributed by atoms with E-state index >= 15 is 0 Å². The number of aryl methyl sites for hydroxylation is 2. The van der Waals surface area contributed by atoms with Crippen molar-refractivity contribution in [2.24, 2.45) is 0 Å². The summed E-state index contributed by atoms with van der Waals surface area (Å²) in [7, 11) is 0. The van der Waals surface area contributed by atoms with Gasteiger partial charge in [0.05, 0.1) is 5.52 Å². The quantitative estimate of drug-likeness (QED) is 0.160. The minimum absolute atomic E-state index is 0. The fourth-order valence-corrected chi connectivity index (χ4v) is 4.00. The Morgan fingerprint density at radius 3 is 1.91 bits per heavy atom. The molecule has 0 N–H and O–H groups in total. The fourth-order valence-electron chi connectivity index (χ4n) is 2.87. The molecular weight excluding hydrogens is 470 g/mol. The second-order valence-corrected chi connectivity index (χ2v) is 11.4. The monoisotopic (exact) mass is 506 g/mol. The van der Waals surface area contributed by atoms with Gasteiger partial charge in [-0.3, -0.25) is 9.97 Å². The van der Waals surface area contributed by atoms with Gasteiger partial charge in [-0.05, 0) is 50.3 Å². The zero-order valence-electron chi connectivity index (χ0n) is 22.5. The number of hydrogen-bond donors (Lipinski definition) is 1. The summed E-state index contributed by atoms with van der Waals surface area (Å²) >= 11 is 6.04. The van der Waals surface area contributed by atoms with Crippen LogP contribution in [0.15, 0.2) is 65.6 Å². The first kappa shape index (κ1) is 30.9. The van der Waals surface area contributed by atoms with Crippen molar-refractivity contribution in [2.75, 3.05) is 5.75 Å². The van der Waals surface area contributed by atoms with Crippen LogP contribution in [0.3, 0.4) is 0 Å². The van der Waals surface area contributed by atoms with E-state index in [1.807, 2.05) is 43.8 Å². The van der Waals surface area contributed by atoms with Crippen LogP contribution in [-0.2, 0) is 0 Å². The van der Waals surface area contributed by atoms with Crippen LogP contribution < -0.4 is 29.6 Å². The molecule has 0 saturated heterocycles. The maximum atomic E-state index is 13.1. The number of hydrogen-bond acceptors (Lipinski definition) is 4. The van der Waals surface area contributed by atoms with Crippen molar-refractivity contribution in [1.82, 2.24) is 9.97 Å². The molecule has 6 heteroatoms. The van der Waals surface area contributed by atoms with Gasteiger partial charge in [0.25, 0.3) is 0 Å². The van der Waals surface area contributed by atoms with Crippen LogP contribution in [0.2, 0.25) is 0 Å². The predicted octanol–water partition coefficient (Wildman–Crippen LogP) is 5.95. The number of para-hydroxylation sites is 2. The van der Waals surface area contributed by atoms with Crippen LogP contribution in [0.1, 0.15) is 53.4 Å². The van der Waals surface area contributed by atoms with Crippen LogP contribution in [0.25, 0.3) is 21.8 Å². The Balaban J connectivity index is 0.000000542. The number of benzene rings is 2. The van der Waals surface area contributed by atoms with Gasteiger partial charge in [-0.1, -0.05) is 70.5 Å². The second kappa shape index (κ2) is 15.1. The van der Waals surface area contributed by atoms with Crippen LogP contribution >= 0.6 is 24.4 Å². The summed E-state index contributed by atoms with van der Waals surface area (Å²) in [6.45, 7) is 12.3. The average molecular weight is 507 g/mol. The Bertz CT molecular complexity index is 1180. The molecule has 4 aromatic rings. The molecule has 0 aliphatic rings. The van der Waals surface area contributed by atoms with Crippen LogP contribution in [0, 0.1) is 19.7 Å². The largest absolute Gasteiger partial charge is 1.00 e. The van der Waals surface area contributed by atoms with Crippen LogP contribution in [0.5, 0.6) is 0 Å². The zero-order valence-corrected chi connectivity index (χ0v) is 25.2. The van der Waals surface area contributed by atoms with Crippen molar-refractivity contribution in [3.63, 3.8) is 0 Å². The first-order chi connectivity index (χ1) is 15.6. The van der Waals surface area contributed by atoms with Gasteiger partial charge in [0.1, 0.15) is 11.3 Å². The van der Waals surface area contributed by atoms with Crippen LogP contribution in [0.4, 0.5) is 4.39 Å². The summed E-state index contributed by atoms with van der Waals surface area (Å²) in [6.07, 6.45) is 2.52. The summed E-state index contributed by atoms with van der Waals surface area (Å²) in [6, 6.07) is 19.4. The third kappa shape index (κ3) is 11.1. The van der Waals surface area contributed by atoms with E-state index in [4.69, 9.17) is 0 Å². The molecule has 2 heterocycles. The second-order valence-electron chi connectivity index (χ2n) is 8.92. The minimum Gasteiger partial charge on any atom is -1.00 e. The van der Waals surface area contributed by atoms with Gasteiger partial charge in [0, 0.05) is 31.8 Å². The SMILES string of the molecule is CC(C)(C)S.CCCCSc1cccc2ccc(C)nc12.Cc1ccc2cccc(F)c2n1.[H-].[Na+]. The molecule has 2 nitrogen and oxygen atoms in total. The molecule has 0 fully saturated rings. The summed E-state index contributed by atoms with van der Waals surface area (Å²) < 4.78 is 13.3. The van der Waals surface area contributed by atoms with Crippen molar-refractivity contribution in [2.45, 2.75) is 64.0 Å². The number of halogens is 1. The minimum atomic E-state index is -0.254. The third-order valence-electron chi connectivity index (χ3n) is 4.39. The molecule has 4 rings (SSSR count). The van der Waals surface area contributed by atoms with Gasteiger partial charge in [0.15, 0.2) is 0 Å². The molecule has 0 unspecified atom stereocenters. The van der Waals surface area contributed by atoms with E-state index < -0.39 is 0 Å².